The van der Waals surface area contributed by atoms with Gasteiger partial charge >= 0.3 is 0 Å². The molecule has 0 bridgehead atoms. The van der Waals surface area contributed by atoms with Crippen LogP contribution in [0.1, 0.15) is 6.92 Å². The Morgan fingerprint density at radius 1 is 1.14 bits per heavy atom. The zero-order valence-electron chi connectivity index (χ0n) is 14.9. The normalized spacial score (nSPS) is 11.6. The van der Waals surface area contributed by atoms with E-state index in [1.54, 1.807) is 24.3 Å². The Morgan fingerprint density at radius 2 is 1.86 bits per heavy atom. The topological polar surface area (TPSA) is 102 Å². The minimum Gasteiger partial charge on any atom is -0.481 e. The second-order valence-electron chi connectivity index (χ2n) is 5.95. The van der Waals surface area contributed by atoms with Crippen LogP contribution in [0, 0.1) is 5.82 Å². The van der Waals surface area contributed by atoms with Crippen LogP contribution in [0.25, 0.3) is 10.9 Å². The first-order chi connectivity index (χ1) is 13.4. The number of ether oxygens (including phenoxy) is 1. The molecule has 28 heavy (non-hydrogen) atoms. The molecule has 1 aromatic heterocycles. The Morgan fingerprint density at radius 3 is 2.61 bits per heavy atom. The number of carbonyl (C=O) groups is 2. The van der Waals surface area contributed by atoms with Crippen molar-refractivity contribution in [1.82, 2.24) is 20.4 Å². The Labute approximate surface area is 158 Å². The lowest BCUT2D eigenvalue weighted by atomic mass is 10.2. The minimum absolute atomic E-state index is 0.309. The van der Waals surface area contributed by atoms with Gasteiger partial charge in [-0.1, -0.05) is 12.1 Å². The predicted molar refractivity (Wildman–Crippen MR) is 98.8 cm³/mol. The van der Waals surface area contributed by atoms with Crippen molar-refractivity contribution in [2.75, 3.05) is 0 Å². The number of nitrogens with one attached hydrogen (secondary N) is 2. The lowest BCUT2D eigenvalue weighted by molar-refractivity contribution is -0.133. The van der Waals surface area contributed by atoms with E-state index in [9.17, 15) is 18.8 Å². The molecule has 0 aliphatic rings. The SMILES string of the molecule is C[C@@H](Oc1ccc(F)cc1)C(=O)NNC(=O)Cn1cnc2ccccc2c1=O. The highest BCUT2D eigenvalue weighted by molar-refractivity contribution is 5.84. The summed E-state index contributed by atoms with van der Waals surface area (Å²) in [4.78, 5) is 40.5. The zero-order valence-corrected chi connectivity index (χ0v) is 14.9. The van der Waals surface area contributed by atoms with Gasteiger partial charge in [0.25, 0.3) is 17.4 Å². The molecule has 0 aliphatic carbocycles. The van der Waals surface area contributed by atoms with Crippen molar-refractivity contribution < 1.29 is 18.7 Å². The molecule has 0 saturated carbocycles. The summed E-state index contributed by atoms with van der Waals surface area (Å²) in [5.41, 5.74) is 4.60. The lowest BCUT2D eigenvalue weighted by Gasteiger charge is -2.15. The van der Waals surface area contributed by atoms with Gasteiger partial charge in [0, 0.05) is 0 Å². The smallest absolute Gasteiger partial charge is 0.279 e. The molecule has 1 heterocycles. The van der Waals surface area contributed by atoms with Crippen LogP contribution in [0.15, 0.2) is 59.7 Å². The van der Waals surface area contributed by atoms with E-state index >= 15 is 0 Å². The molecule has 0 saturated heterocycles. The monoisotopic (exact) mass is 384 g/mol. The average molecular weight is 384 g/mol. The van der Waals surface area contributed by atoms with E-state index in [1.807, 2.05) is 0 Å². The molecule has 2 aromatic carbocycles. The molecule has 144 valence electrons. The molecule has 0 fully saturated rings. The van der Waals surface area contributed by atoms with E-state index in [-0.39, 0.29) is 12.1 Å². The van der Waals surface area contributed by atoms with Crippen LogP contribution in [0.2, 0.25) is 0 Å². The number of hydrazine groups is 1. The van der Waals surface area contributed by atoms with E-state index in [0.717, 1.165) is 4.57 Å². The van der Waals surface area contributed by atoms with Crippen molar-refractivity contribution in [1.29, 1.82) is 0 Å². The second kappa shape index (κ2) is 8.30. The highest BCUT2D eigenvalue weighted by Gasteiger charge is 2.16. The number of aromatic nitrogens is 2. The quantitative estimate of drug-likeness (QED) is 0.643. The zero-order chi connectivity index (χ0) is 20.1. The van der Waals surface area contributed by atoms with Crippen LogP contribution in [0.4, 0.5) is 4.39 Å². The molecule has 9 heteroatoms. The number of amides is 2. The van der Waals surface area contributed by atoms with Crippen molar-refractivity contribution in [2.45, 2.75) is 19.6 Å². The molecule has 0 aliphatic heterocycles. The summed E-state index contributed by atoms with van der Waals surface area (Å²) in [5, 5.41) is 0.392. The van der Waals surface area contributed by atoms with E-state index in [1.165, 1.54) is 37.5 Å². The Kier molecular flexibility index (Phi) is 5.64. The number of carbonyl (C=O) groups excluding carboxylic acids is 2. The Balaban J connectivity index is 1.55. The molecule has 2 N–H and O–H groups in total. The Hall–Kier alpha value is -3.75. The maximum Gasteiger partial charge on any atom is 0.279 e. The van der Waals surface area contributed by atoms with Crippen molar-refractivity contribution in [3.63, 3.8) is 0 Å². The van der Waals surface area contributed by atoms with Crippen LogP contribution < -0.4 is 21.1 Å². The number of nitrogens with zero attached hydrogens (tertiary/aromatic N) is 2. The lowest BCUT2D eigenvalue weighted by Crippen LogP contribution is -2.48. The average Bonchev–Trinajstić information content (AvgIpc) is 2.70. The van der Waals surface area contributed by atoms with Crippen LogP contribution in [-0.2, 0) is 16.1 Å². The van der Waals surface area contributed by atoms with Crippen LogP contribution >= 0.6 is 0 Å². The van der Waals surface area contributed by atoms with Crippen molar-refractivity contribution >= 4 is 22.7 Å². The fourth-order valence-electron chi connectivity index (χ4n) is 2.42. The van der Waals surface area contributed by atoms with Crippen LogP contribution in [0.5, 0.6) is 5.75 Å². The van der Waals surface area contributed by atoms with Gasteiger partial charge in [0.15, 0.2) is 6.10 Å². The standard InChI is InChI=1S/C19H17FN4O4/c1-12(28-14-8-6-13(20)7-9-14)18(26)23-22-17(25)10-24-11-21-16-5-3-2-4-15(16)19(24)27/h2-9,11-12H,10H2,1H3,(H,22,25)(H,23,26)/t12-/m1/s1. The van der Waals surface area contributed by atoms with Gasteiger partial charge in [-0.3, -0.25) is 29.8 Å². The fourth-order valence-corrected chi connectivity index (χ4v) is 2.42. The highest BCUT2D eigenvalue weighted by atomic mass is 19.1. The number of para-hydroxylation sites is 1. The summed E-state index contributed by atoms with van der Waals surface area (Å²) in [5.74, 6) is -1.33. The number of hydrogen-bond acceptors (Lipinski definition) is 5. The molecule has 3 aromatic rings. The van der Waals surface area contributed by atoms with E-state index < -0.39 is 23.7 Å². The third-order valence-corrected chi connectivity index (χ3v) is 3.87. The van der Waals surface area contributed by atoms with Gasteiger partial charge < -0.3 is 4.74 Å². The molecule has 2 amide bonds. The maximum atomic E-state index is 12.9. The highest BCUT2D eigenvalue weighted by Crippen LogP contribution is 2.12. The largest absolute Gasteiger partial charge is 0.481 e. The van der Waals surface area contributed by atoms with E-state index in [4.69, 9.17) is 4.74 Å². The van der Waals surface area contributed by atoms with Crippen molar-refractivity contribution in [3.8, 4) is 5.75 Å². The molecule has 8 nitrogen and oxygen atoms in total. The summed E-state index contributed by atoms with van der Waals surface area (Å²) < 4.78 is 19.4. The number of rotatable bonds is 5. The van der Waals surface area contributed by atoms with Gasteiger partial charge in [0.1, 0.15) is 18.1 Å². The summed E-state index contributed by atoms with van der Waals surface area (Å²) in [6.45, 7) is 1.16. The molecule has 3 rings (SSSR count). The molecule has 0 spiro atoms. The number of halogens is 1. The summed E-state index contributed by atoms with van der Waals surface area (Å²) >= 11 is 0. The van der Waals surface area contributed by atoms with Gasteiger partial charge in [-0.05, 0) is 43.3 Å². The minimum atomic E-state index is -0.934. The molecule has 1 atom stereocenters. The summed E-state index contributed by atoms with van der Waals surface area (Å²) in [7, 11) is 0. The number of hydrogen-bond donors (Lipinski definition) is 2. The van der Waals surface area contributed by atoms with Crippen molar-refractivity contribution in [3.05, 3.63) is 71.0 Å². The third-order valence-electron chi connectivity index (χ3n) is 3.87. The summed E-state index contributed by atoms with van der Waals surface area (Å²) in [6, 6.07) is 12.0. The van der Waals surface area contributed by atoms with Crippen LogP contribution in [0.3, 0.4) is 0 Å². The van der Waals surface area contributed by atoms with Crippen LogP contribution in [-0.4, -0.2) is 27.5 Å². The van der Waals surface area contributed by atoms with Gasteiger partial charge in [0.05, 0.1) is 17.2 Å². The third kappa shape index (κ3) is 4.50. The predicted octanol–water partition coefficient (Wildman–Crippen LogP) is 1.15. The first-order valence-corrected chi connectivity index (χ1v) is 8.39. The van der Waals surface area contributed by atoms with E-state index in [2.05, 4.69) is 15.8 Å². The Bertz CT molecular complexity index is 1070. The summed E-state index contributed by atoms with van der Waals surface area (Å²) in [6.07, 6.45) is 0.336. The fraction of sp³-hybridized carbons (Fsp3) is 0.158. The number of fused-ring (bicyclic) bond motifs is 1. The van der Waals surface area contributed by atoms with Crippen molar-refractivity contribution in [2.24, 2.45) is 0 Å². The van der Waals surface area contributed by atoms with Gasteiger partial charge in [-0.15, -0.1) is 0 Å². The molecule has 0 unspecified atom stereocenters. The van der Waals surface area contributed by atoms with Gasteiger partial charge in [-0.2, -0.15) is 0 Å². The first-order valence-electron chi connectivity index (χ1n) is 8.39. The van der Waals surface area contributed by atoms with Gasteiger partial charge in [-0.25, -0.2) is 9.37 Å². The second-order valence-corrected chi connectivity index (χ2v) is 5.95. The maximum absolute atomic E-state index is 12.9. The van der Waals surface area contributed by atoms with Gasteiger partial charge in [0.2, 0.25) is 0 Å². The first kappa shape index (κ1) is 19.0. The van der Waals surface area contributed by atoms with E-state index in [0.29, 0.717) is 16.7 Å². The molecule has 0 radical (unpaired) electrons. The molecular formula is C19H17FN4O4. The molecular weight excluding hydrogens is 367 g/mol. The number of benzene rings is 2.